The Balaban J connectivity index is 1.61. The summed E-state index contributed by atoms with van der Waals surface area (Å²) in [4.78, 5) is 16.1. The highest BCUT2D eigenvalue weighted by Crippen LogP contribution is 2.45. The molecule has 0 bridgehead atoms. The van der Waals surface area contributed by atoms with Gasteiger partial charge in [-0.15, -0.1) is 11.3 Å². The molecule has 3 heterocycles. The van der Waals surface area contributed by atoms with Crippen LogP contribution in [0, 0.1) is 5.82 Å². The molecule has 0 saturated carbocycles. The quantitative estimate of drug-likeness (QED) is 0.338. The molecule has 2 aromatic carbocycles. The maximum atomic E-state index is 13.7. The highest BCUT2D eigenvalue weighted by molar-refractivity contribution is 8.08. The molecule has 0 spiro atoms. The van der Waals surface area contributed by atoms with Crippen molar-refractivity contribution in [2.24, 2.45) is 0 Å². The molecule has 1 aliphatic rings. The van der Waals surface area contributed by atoms with E-state index in [1.165, 1.54) is 35.2 Å². The lowest BCUT2D eigenvalue weighted by Gasteiger charge is -2.12. The maximum absolute atomic E-state index is 13.7. The van der Waals surface area contributed by atoms with E-state index in [-0.39, 0.29) is 11.4 Å². The monoisotopic (exact) mass is 550 g/mol. The maximum Gasteiger partial charge on any atom is 0.271 e. The summed E-state index contributed by atoms with van der Waals surface area (Å²) in [6.45, 7) is 3.03. The normalized spacial score (nSPS) is 15.3. The van der Waals surface area contributed by atoms with Gasteiger partial charge in [-0.25, -0.2) is 4.39 Å². The third-order valence-electron chi connectivity index (χ3n) is 5.57. The number of hydrogen-bond acceptors (Lipinski definition) is 5. The van der Waals surface area contributed by atoms with Gasteiger partial charge in [-0.2, -0.15) is 4.57 Å². The molecule has 4 aromatic rings. The SMILES string of the molecule is CCn1c(=O)/c(=C2\Sc3cc(F)ccc3N2C)s/c1=C\c1scc[n+]1Cc1c(Cl)cccc1Cl. The van der Waals surface area contributed by atoms with E-state index in [0.717, 1.165) is 30.8 Å². The topological polar surface area (TPSA) is 29.1 Å². The summed E-state index contributed by atoms with van der Waals surface area (Å²) in [5, 5.41) is 5.04. The molecular weight excluding hydrogens is 532 g/mol. The first-order valence-electron chi connectivity index (χ1n) is 10.4. The van der Waals surface area contributed by atoms with Crippen LogP contribution in [0.15, 0.2) is 57.7 Å². The number of hydrogen-bond donors (Lipinski definition) is 0. The Kier molecular flexibility index (Phi) is 6.61. The number of thioether (sulfide) groups is 1. The van der Waals surface area contributed by atoms with Gasteiger partial charge in [0.2, 0.25) is 0 Å². The zero-order chi connectivity index (χ0) is 24.0. The van der Waals surface area contributed by atoms with E-state index >= 15 is 0 Å². The Bertz CT molecular complexity index is 1570. The van der Waals surface area contributed by atoms with Crippen LogP contribution in [0.5, 0.6) is 0 Å². The summed E-state index contributed by atoms with van der Waals surface area (Å²) in [6.07, 6.45) is 4.01. The second-order valence-electron chi connectivity index (χ2n) is 7.61. The standard InChI is InChI=1S/C24H19Cl2FN3OS3/c1-3-30-21(12-20-29(9-10-32-20)13-15-16(25)5-4-6-17(15)26)34-22(23(30)31)24-28(2)18-8-7-14(27)11-19(18)33-24/h4-12H,3,13H2,1-2H3/q+1/b24-22+. The van der Waals surface area contributed by atoms with E-state index in [9.17, 15) is 9.18 Å². The Morgan fingerprint density at radius 3 is 2.68 bits per heavy atom. The lowest BCUT2D eigenvalue weighted by atomic mass is 10.2. The van der Waals surface area contributed by atoms with Gasteiger partial charge in [0.25, 0.3) is 10.6 Å². The molecule has 1 aliphatic heterocycles. The number of halogens is 3. The van der Waals surface area contributed by atoms with Crippen LogP contribution in [-0.4, -0.2) is 11.6 Å². The highest BCUT2D eigenvalue weighted by Gasteiger charge is 2.25. The number of rotatable bonds is 4. The Hall–Kier alpha value is -2.10. The largest absolute Gasteiger partial charge is 0.337 e. The number of aromatic nitrogens is 2. The predicted molar refractivity (Wildman–Crippen MR) is 141 cm³/mol. The van der Waals surface area contributed by atoms with Crippen molar-refractivity contribution in [2.45, 2.75) is 24.9 Å². The first kappa shape index (κ1) is 23.6. The second kappa shape index (κ2) is 9.51. The van der Waals surface area contributed by atoms with Gasteiger partial charge in [0.15, 0.2) is 12.7 Å². The first-order chi connectivity index (χ1) is 16.4. The molecule has 5 rings (SSSR count). The number of benzene rings is 2. The smallest absolute Gasteiger partial charge is 0.271 e. The van der Waals surface area contributed by atoms with Crippen LogP contribution >= 0.6 is 57.6 Å². The third kappa shape index (κ3) is 4.22. The van der Waals surface area contributed by atoms with E-state index in [0.29, 0.717) is 27.7 Å². The van der Waals surface area contributed by atoms with Gasteiger partial charge in [0.05, 0.1) is 32.8 Å². The van der Waals surface area contributed by atoms with Crippen molar-refractivity contribution in [3.05, 3.63) is 94.0 Å². The third-order valence-corrected chi connectivity index (χ3v) is 9.59. The summed E-state index contributed by atoms with van der Waals surface area (Å²) in [7, 11) is 1.91. The van der Waals surface area contributed by atoms with Gasteiger partial charge in [-0.3, -0.25) is 9.36 Å². The zero-order valence-electron chi connectivity index (χ0n) is 18.2. The zero-order valence-corrected chi connectivity index (χ0v) is 22.2. The van der Waals surface area contributed by atoms with Crippen LogP contribution < -0.4 is 24.2 Å². The minimum absolute atomic E-state index is 0.0429. The molecule has 0 N–H and O–H groups in total. The van der Waals surface area contributed by atoms with E-state index in [1.54, 1.807) is 22.0 Å². The molecule has 4 nitrogen and oxygen atoms in total. The molecule has 174 valence electrons. The average Bonchev–Trinajstić information content (AvgIpc) is 3.47. The molecule has 0 aliphatic carbocycles. The Labute approximate surface area is 217 Å². The van der Waals surface area contributed by atoms with E-state index in [1.807, 2.05) is 54.7 Å². The number of thiazole rings is 2. The van der Waals surface area contributed by atoms with E-state index < -0.39 is 0 Å². The van der Waals surface area contributed by atoms with Gasteiger partial charge >= 0.3 is 0 Å². The predicted octanol–water partition coefficient (Wildman–Crippen LogP) is 4.91. The van der Waals surface area contributed by atoms with Crippen LogP contribution in [-0.2, 0) is 13.1 Å². The molecule has 0 amide bonds. The van der Waals surface area contributed by atoms with Crippen molar-refractivity contribution in [3.63, 3.8) is 0 Å². The van der Waals surface area contributed by atoms with Crippen LogP contribution in [0.3, 0.4) is 0 Å². The Morgan fingerprint density at radius 1 is 1.18 bits per heavy atom. The lowest BCUT2D eigenvalue weighted by molar-refractivity contribution is -0.685. The van der Waals surface area contributed by atoms with Crippen molar-refractivity contribution in [1.29, 1.82) is 0 Å². The van der Waals surface area contributed by atoms with Gasteiger partial charge in [-0.05, 0) is 37.3 Å². The van der Waals surface area contributed by atoms with Gasteiger partial charge < -0.3 is 4.90 Å². The van der Waals surface area contributed by atoms with Crippen molar-refractivity contribution < 1.29 is 8.96 Å². The van der Waals surface area contributed by atoms with Crippen LogP contribution in [0.4, 0.5) is 10.1 Å². The van der Waals surface area contributed by atoms with E-state index in [4.69, 9.17) is 23.2 Å². The molecule has 0 unspecified atom stereocenters. The van der Waals surface area contributed by atoms with Crippen molar-refractivity contribution in [1.82, 2.24) is 4.57 Å². The molecule has 0 saturated heterocycles. The summed E-state index contributed by atoms with van der Waals surface area (Å²) >= 11 is 17.2. The van der Waals surface area contributed by atoms with Crippen LogP contribution in [0.1, 0.15) is 17.5 Å². The van der Waals surface area contributed by atoms with E-state index in [2.05, 4.69) is 4.57 Å². The molecule has 0 radical (unpaired) electrons. The van der Waals surface area contributed by atoms with Crippen molar-refractivity contribution in [2.75, 3.05) is 11.9 Å². The lowest BCUT2D eigenvalue weighted by Crippen LogP contribution is -2.36. The fourth-order valence-corrected chi connectivity index (χ4v) is 7.67. The summed E-state index contributed by atoms with van der Waals surface area (Å²) in [6, 6.07) is 10.2. The number of nitrogens with zero attached hydrogens (tertiary/aromatic N) is 3. The van der Waals surface area contributed by atoms with Gasteiger partial charge in [0, 0.05) is 18.5 Å². The summed E-state index contributed by atoms with van der Waals surface area (Å²) in [5.41, 5.74) is 1.71. The first-order valence-corrected chi connectivity index (χ1v) is 13.7. The summed E-state index contributed by atoms with van der Waals surface area (Å²) < 4.78 is 19.1. The van der Waals surface area contributed by atoms with Crippen molar-refractivity contribution in [3.8, 4) is 0 Å². The molecule has 10 heteroatoms. The molecule has 0 atom stereocenters. The molecule has 0 fully saturated rings. The number of anilines is 1. The Morgan fingerprint density at radius 2 is 1.94 bits per heavy atom. The number of fused-ring (bicyclic) bond motifs is 1. The molecule has 2 aromatic heterocycles. The fourth-order valence-electron chi connectivity index (χ4n) is 3.82. The van der Waals surface area contributed by atoms with Crippen LogP contribution in [0.25, 0.3) is 11.1 Å². The van der Waals surface area contributed by atoms with Gasteiger partial charge in [0.1, 0.15) is 20.0 Å². The molecule has 34 heavy (non-hydrogen) atoms. The minimum atomic E-state index is -0.284. The second-order valence-corrected chi connectivity index (χ2v) is 11.4. The minimum Gasteiger partial charge on any atom is -0.337 e. The van der Waals surface area contributed by atoms with Crippen LogP contribution in [0.2, 0.25) is 10.0 Å². The highest BCUT2D eigenvalue weighted by atomic mass is 35.5. The fraction of sp³-hybridized carbons (Fsp3) is 0.167. The average molecular weight is 552 g/mol. The summed E-state index contributed by atoms with van der Waals surface area (Å²) in [5.74, 6) is -0.284. The molecular formula is C24H19Cl2FN3OS3+. The van der Waals surface area contributed by atoms with Crippen molar-refractivity contribution >= 4 is 74.4 Å². The van der Waals surface area contributed by atoms with Gasteiger partial charge in [-0.1, -0.05) is 52.4 Å².